The smallest absolute Gasteiger partial charge is 0.321 e. The van der Waals surface area contributed by atoms with E-state index in [0.717, 1.165) is 42.8 Å². The van der Waals surface area contributed by atoms with E-state index in [0.29, 0.717) is 5.41 Å². The number of amides is 2. The zero-order chi connectivity index (χ0) is 13.3. The fraction of sp³-hybridized carbons (Fsp3) is 0.500. The number of carbonyl (C=O) groups is 1. The van der Waals surface area contributed by atoms with Gasteiger partial charge in [0.25, 0.3) is 0 Å². The number of halogens is 1. The fourth-order valence-electron chi connectivity index (χ4n) is 2.99. The second-order valence-corrected chi connectivity index (χ2v) is 6.45. The number of hydrogen-bond donors (Lipinski definition) is 2. The Balaban J connectivity index is 1.61. The predicted molar refractivity (Wildman–Crippen MR) is 79.3 cm³/mol. The average Bonchev–Trinajstić information content (AvgIpc) is 3.03. The van der Waals surface area contributed by atoms with Crippen LogP contribution in [-0.4, -0.2) is 37.1 Å². The van der Waals surface area contributed by atoms with Gasteiger partial charge in [0.15, 0.2) is 0 Å². The first-order valence-corrected chi connectivity index (χ1v) is 7.48. The molecule has 1 aromatic carbocycles. The van der Waals surface area contributed by atoms with Crippen LogP contribution in [-0.2, 0) is 0 Å². The minimum atomic E-state index is 0.0195. The Kier molecular flexibility index (Phi) is 3.50. The van der Waals surface area contributed by atoms with Crippen molar-refractivity contribution in [3.05, 3.63) is 28.7 Å². The van der Waals surface area contributed by atoms with Crippen LogP contribution < -0.4 is 10.6 Å². The highest BCUT2D eigenvalue weighted by Crippen LogP contribution is 2.36. The highest BCUT2D eigenvalue weighted by molar-refractivity contribution is 9.10. The molecule has 0 radical (unpaired) electrons. The van der Waals surface area contributed by atoms with E-state index < -0.39 is 0 Å². The lowest BCUT2D eigenvalue weighted by atomic mass is 9.87. The summed E-state index contributed by atoms with van der Waals surface area (Å²) in [5.74, 6) is 0. The zero-order valence-corrected chi connectivity index (χ0v) is 12.4. The second kappa shape index (κ2) is 5.13. The van der Waals surface area contributed by atoms with Gasteiger partial charge in [0.1, 0.15) is 0 Å². The normalized spacial score (nSPS) is 26.1. The van der Waals surface area contributed by atoms with Crippen LogP contribution >= 0.6 is 15.9 Å². The maximum Gasteiger partial charge on any atom is 0.321 e. The average molecular weight is 324 g/mol. The van der Waals surface area contributed by atoms with Crippen LogP contribution in [0.15, 0.2) is 28.7 Å². The summed E-state index contributed by atoms with van der Waals surface area (Å²) in [6, 6.07) is 7.70. The van der Waals surface area contributed by atoms with Crippen LogP contribution in [0.1, 0.15) is 12.8 Å². The van der Waals surface area contributed by atoms with Gasteiger partial charge in [-0.2, -0.15) is 0 Å². The minimum Gasteiger partial charge on any atom is -0.324 e. The quantitative estimate of drug-likeness (QED) is 0.834. The van der Waals surface area contributed by atoms with Gasteiger partial charge in [-0.15, -0.1) is 0 Å². The predicted octanol–water partition coefficient (Wildman–Crippen LogP) is 2.67. The SMILES string of the molecule is O=C(Nc1ccc(Br)cc1)N1CCC2(CCNC2)C1. The lowest BCUT2D eigenvalue weighted by Crippen LogP contribution is -2.36. The van der Waals surface area contributed by atoms with Gasteiger partial charge in [0.05, 0.1) is 0 Å². The molecule has 5 heteroatoms. The van der Waals surface area contributed by atoms with Gasteiger partial charge >= 0.3 is 6.03 Å². The van der Waals surface area contributed by atoms with Crippen LogP contribution in [0.3, 0.4) is 0 Å². The molecule has 1 spiro atoms. The Bertz CT molecular complexity index is 468. The fourth-order valence-corrected chi connectivity index (χ4v) is 3.25. The second-order valence-electron chi connectivity index (χ2n) is 5.54. The van der Waals surface area contributed by atoms with Crippen LogP contribution in [0.5, 0.6) is 0 Å². The van der Waals surface area contributed by atoms with Crippen molar-refractivity contribution in [2.24, 2.45) is 5.41 Å². The third kappa shape index (κ3) is 2.77. The van der Waals surface area contributed by atoms with E-state index >= 15 is 0 Å². The van der Waals surface area contributed by atoms with Crippen molar-refractivity contribution in [2.75, 3.05) is 31.5 Å². The molecule has 0 aliphatic carbocycles. The standard InChI is InChI=1S/C14H18BrN3O/c15-11-1-3-12(4-2-11)17-13(19)18-8-6-14(10-18)5-7-16-9-14/h1-4,16H,5-10H2,(H,17,19). The third-order valence-corrected chi connectivity index (χ3v) is 4.68. The van der Waals surface area contributed by atoms with E-state index in [-0.39, 0.29) is 6.03 Å². The molecule has 1 atom stereocenters. The summed E-state index contributed by atoms with van der Waals surface area (Å²) in [4.78, 5) is 14.2. The molecule has 19 heavy (non-hydrogen) atoms. The maximum atomic E-state index is 12.2. The Hall–Kier alpha value is -1.07. The van der Waals surface area contributed by atoms with Crippen molar-refractivity contribution in [1.82, 2.24) is 10.2 Å². The van der Waals surface area contributed by atoms with Gasteiger partial charge < -0.3 is 15.5 Å². The van der Waals surface area contributed by atoms with Crippen LogP contribution in [0.2, 0.25) is 0 Å². The summed E-state index contributed by atoms with van der Waals surface area (Å²) < 4.78 is 1.02. The lowest BCUT2D eigenvalue weighted by molar-refractivity contribution is 0.215. The molecule has 0 aromatic heterocycles. The van der Waals surface area contributed by atoms with Crippen molar-refractivity contribution in [3.63, 3.8) is 0 Å². The molecule has 102 valence electrons. The number of likely N-dealkylation sites (tertiary alicyclic amines) is 1. The molecule has 2 heterocycles. The summed E-state index contributed by atoms with van der Waals surface area (Å²) >= 11 is 3.39. The number of urea groups is 1. The first-order valence-electron chi connectivity index (χ1n) is 6.69. The maximum absolute atomic E-state index is 12.2. The van der Waals surface area contributed by atoms with Gasteiger partial charge in [-0.1, -0.05) is 15.9 Å². The minimum absolute atomic E-state index is 0.0195. The molecule has 2 aliphatic rings. The monoisotopic (exact) mass is 323 g/mol. The number of nitrogens with one attached hydrogen (secondary N) is 2. The van der Waals surface area contributed by atoms with Gasteiger partial charge in [-0.3, -0.25) is 0 Å². The summed E-state index contributed by atoms with van der Waals surface area (Å²) in [5.41, 5.74) is 1.18. The molecule has 1 aromatic rings. The lowest BCUT2D eigenvalue weighted by Gasteiger charge is -2.23. The molecule has 2 saturated heterocycles. The van der Waals surface area contributed by atoms with E-state index in [1.807, 2.05) is 29.2 Å². The number of carbonyl (C=O) groups excluding carboxylic acids is 1. The van der Waals surface area contributed by atoms with E-state index in [2.05, 4.69) is 26.6 Å². The molecule has 1 unspecified atom stereocenters. The Morgan fingerprint density at radius 3 is 2.79 bits per heavy atom. The number of benzene rings is 1. The highest BCUT2D eigenvalue weighted by Gasteiger charge is 2.41. The first kappa shape index (κ1) is 12.9. The summed E-state index contributed by atoms with van der Waals surface area (Å²) in [6.45, 7) is 3.88. The molecular formula is C14H18BrN3O. The molecular weight excluding hydrogens is 306 g/mol. The Morgan fingerprint density at radius 1 is 1.32 bits per heavy atom. The van der Waals surface area contributed by atoms with Crippen molar-refractivity contribution < 1.29 is 4.79 Å². The molecule has 2 fully saturated rings. The Labute approximate surface area is 121 Å². The van der Waals surface area contributed by atoms with Crippen LogP contribution in [0.25, 0.3) is 0 Å². The number of nitrogens with zero attached hydrogens (tertiary/aromatic N) is 1. The van der Waals surface area contributed by atoms with E-state index in [1.165, 1.54) is 6.42 Å². The molecule has 4 nitrogen and oxygen atoms in total. The molecule has 0 bridgehead atoms. The summed E-state index contributed by atoms with van der Waals surface area (Å²) in [7, 11) is 0. The topological polar surface area (TPSA) is 44.4 Å². The number of rotatable bonds is 1. The molecule has 2 amide bonds. The summed E-state index contributed by atoms with van der Waals surface area (Å²) in [6.07, 6.45) is 2.31. The molecule has 0 saturated carbocycles. The zero-order valence-electron chi connectivity index (χ0n) is 10.8. The largest absolute Gasteiger partial charge is 0.324 e. The highest BCUT2D eigenvalue weighted by atomic mass is 79.9. The van der Waals surface area contributed by atoms with E-state index in [1.54, 1.807) is 0 Å². The first-order chi connectivity index (χ1) is 9.17. The van der Waals surface area contributed by atoms with Gasteiger partial charge in [0, 0.05) is 35.2 Å². The van der Waals surface area contributed by atoms with Crippen LogP contribution in [0, 0.1) is 5.41 Å². The van der Waals surface area contributed by atoms with Crippen molar-refractivity contribution >= 4 is 27.6 Å². The molecule has 2 N–H and O–H groups in total. The Morgan fingerprint density at radius 2 is 2.11 bits per heavy atom. The summed E-state index contributed by atoms with van der Waals surface area (Å²) in [5, 5.41) is 6.37. The molecule has 3 rings (SSSR count). The van der Waals surface area contributed by atoms with Gasteiger partial charge in [0.2, 0.25) is 0 Å². The van der Waals surface area contributed by atoms with E-state index in [4.69, 9.17) is 0 Å². The third-order valence-electron chi connectivity index (χ3n) is 4.15. The number of anilines is 1. The van der Waals surface area contributed by atoms with Crippen molar-refractivity contribution in [1.29, 1.82) is 0 Å². The van der Waals surface area contributed by atoms with Gasteiger partial charge in [-0.25, -0.2) is 4.79 Å². The van der Waals surface area contributed by atoms with E-state index in [9.17, 15) is 4.79 Å². The molecule has 2 aliphatic heterocycles. The van der Waals surface area contributed by atoms with Crippen molar-refractivity contribution in [2.45, 2.75) is 12.8 Å². The number of hydrogen-bond acceptors (Lipinski definition) is 2. The van der Waals surface area contributed by atoms with Crippen molar-refractivity contribution in [3.8, 4) is 0 Å². The van der Waals surface area contributed by atoms with Gasteiger partial charge in [-0.05, 0) is 43.7 Å². The van der Waals surface area contributed by atoms with Crippen LogP contribution in [0.4, 0.5) is 10.5 Å².